The Labute approximate surface area is 123 Å². The van der Waals surface area contributed by atoms with Crippen molar-refractivity contribution in [2.24, 2.45) is 5.73 Å². The SMILES string of the molecule is CC1CCCC(CN)N1CC(=O)Nc1cc(F)ccc1F. The van der Waals surface area contributed by atoms with Gasteiger partial charge in [0.15, 0.2) is 0 Å². The van der Waals surface area contributed by atoms with Gasteiger partial charge < -0.3 is 11.1 Å². The van der Waals surface area contributed by atoms with Gasteiger partial charge in [-0.1, -0.05) is 6.42 Å². The van der Waals surface area contributed by atoms with Crippen LogP contribution in [-0.2, 0) is 4.79 Å². The van der Waals surface area contributed by atoms with Gasteiger partial charge in [-0.2, -0.15) is 0 Å². The minimum Gasteiger partial charge on any atom is -0.329 e. The Balaban J connectivity index is 2.01. The number of nitrogens with two attached hydrogens (primary N) is 1. The first-order valence-electron chi connectivity index (χ1n) is 7.22. The predicted molar refractivity (Wildman–Crippen MR) is 77.8 cm³/mol. The third-order valence-electron chi connectivity index (χ3n) is 4.00. The average molecular weight is 297 g/mol. The van der Waals surface area contributed by atoms with Crippen LogP contribution in [0.3, 0.4) is 0 Å². The highest BCUT2D eigenvalue weighted by Crippen LogP contribution is 2.22. The molecule has 0 aromatic heterocycles. The van der Waals surface area contributed by atoms with Crippen LogP contribution in [0.4, 0.5) is 14.5 Å². The number of piperidine rings is 1. The summed E-state index contributed by atoms with van der Waals surface area (Å²) in [6.07, 6.45) is 3.07. The van der Waals surface area contributed by atoms with E-state index in [-0.39, 0.29) is 30.2 Å². The Hall–Kier alpha value is -1.53. The van der Waals surface area contributed by atoms with Gasteiger partial charge in [-0.3, -0.25) is 9.69 Å². The highest BCUT2D eigenvalue weighted by Gasteiger charge is 2.28. The van der Waals surface area contributed by atoms with Crippen LogP contribution >= 0.6 is 0 Å². The van der Waals surface area contributed by atoms with Crippen molar-refractivity contribution in [1.29, 1.82) is 0 Å². The van der Waals surface area contributed by atoms with Crippen molar-refractivity contribution in [2.45, 2.75) is 38.3 Å². The second-order valence-corrected chi connectivity index (χ2v) is 5.51. The summed E-state index contributed by atoms with van der Waals surface area (Å²) in [5.41, 5.74) is 5.61. The van der Waals surface area contributed by atoms with Gasteiger partial charge >= 0.3 is 0 Å². The van der Waals surface area contributed by atoms with Crippen molar-refractivity contribution in [3.63, 3.8) is 0 Å². The van der Waals surface area contributed by atoms with Crippen LogP contribution < -0.4 is 11.1 Å². The molecule has 21 heavy (non-hydrogen) atoms. The Morgan fingerprint density at radius 3 is 2.90 bits per heavy atom. The molecule has 1 heterocycles. The molecule has 0 aliphatic carbocycles. The van der Waals surface area contributed by atoms with Crippen LogP contribution in [0, 0.1) is 11.6 Å². The van der Waals surface area contributed by atoms with Crippen molar-refractivity contribution < 1.29 is 13.6 Å². The second-order valence-electron chi connectivity index (χ2n) is 5.51. The molecule has 0 spiro atoms. The number of rotatable bonds is 4. The van der Waals surface area contributed by atoms with Crippen LogP contribution in [0.25, 0.3) is 0 Å². The molecule has 2 atom stereocenters. The number of likely N-dealkylation sites (tertiary alicyclic amines) is 1. The maximum Gasteiger partial charge on any atom is 0.238 e. The van der Waals surface area contributed by atoms with E-state index < -0.39 is 11.6 Å². The van der Waals surface area contributed by atoms with Crippen LogP contribution in [0.5, 0.6) is 0 Å². The number of halogens is 2. The maximum atomic E-state index is 13.5. The Morgan fingerprint density at radius 2 is 2.19 bits per heavy atom. The molecule has 1 aliphatic rings. The zero-order valence-electron chi connectivity index (χ0n) is 12.1. The summed E-state index contributed by atoms with van der Waals surface area (Å²) in [6.45, 7) is 2.68. The number of hydrogen-bond acceptors (Lipinski definition) is 3. The lowest BCUT2D eigenvalue weighted by Gasteiger charge is -2.39. The third kappa shape index (κ3) is 3.98. The Bertz CT molecular complexity index is 510. The van der Waals surface area contributed by atoms with E-state index in [0.29, 0.717) is 6.54 Å². The molecule has 2 rings (SSSR count). The standard InChI is InChI=1S/C15H21F2N3O/c1-10-3-2-4-12(8-18)20(10)9-15(21)19-14-7-11(16)5-6-13(14)17/h5-7,10,12H,2-4,8-9,18H2,1H3,(H,19,21). The number of carbonyl (C=O) groups excluding carboxylic acids is 1. The van der Waals surface area contributed by atoms with E-state index in [4.69, 9.17) is 5.73 Å². The van der Waals surface area contributed by atoms with Crippen molar-refractivity contribution in [2.75, 3.05) is 18.4 Å². The number of nitrogens with one attached hydrogen (secondary N) is 1. The number of anilines is 1. The molecule has 4 nitrogen and oxygen atoms in total. The van der Waals surface area contributed by atoms with E-state index in [1.807, 2.05) is 4.90 Å². The van der Waals surface area contributed by atoms with Crippen molar-refractivity contribution >= 4 is 11.6 Å². The molecule has 1 aliphatic heterocycles. The molecule has 1 amide bonds. The third-order valence-corrected chi connectivity index (χ3v) is 4.00. The van der Waals surface area contributed by atoms with Gasteiger partial charge in [0.2, 0.25) is 5.91 Å². The average Bonchev–Trinajstić information content (AvgIpc) is 2.45. The van der Waals surface area contributed by atoms with E-state index in [2.05, 4.69) is 12.2 Å². The Kier molecular flexibility index (Phi) is 5.25. The van der Waals surface area contributed by atoms with Crippen molar-refractivity contribution in [3.05, 3.63) is 29.8 Å². The lowest BCUT2D eigenvalue weighted by Crippen LogP contribution is -2.51. The second kappa shape index (κ2) is 6.95. The monoisotopic (exact) mass is 297 g/mol. The zero-order valence-corrected chi connectivity index (χ0v) is 12.1. The van der Waals surface area contributed by atoms with Crippen LogP contribution in [-0.4, -0.2) is 36.0 Å². The van der Waals surface area contributed by atoms with Gasteiger partial charge in [0.1, 0.15) is 11.6 Å². The summed E-state index contributed by atoms with van der Waals surface area (Å²) in [5.74, 6) is -1.59. The van der Waals surface area contributed by atoms with Crippen LogP contribution in [0.15, 0.2) is 18.2 Å². The zero-order chi connectivity index (χ0) is 15.4. The lowest BCUT2D eigenvalue weighted by atomic mass is 9.96. The molecule has 116 valence electrons. The number of nitrogens with zero attached hydrogens (tertiary/aromatic N) is 1. The van der Waals surface area contributed by atoms with Crippen LogP contribution in [0.1, 0.15) is 26.2 Å². The minimum absolute atomic E-state index is 0.131. The molecule has 3 N–H and O–H groups in total. The first kappa shape index (κ1) is 15.9. The van der Waals surface area contributed by atoms with E-state index in [1.165, 1.54) is 0 Å². The van der Waals surface area contributed by atoms with E-state index in [9.17, 15) is 13.6 Å². The number of hydrogen-bond donors (Lipinski definition) is 2. The first-order valence-corrected chi connectivity index (χ1v) is 7.22. The molecule has 2 unspecified atom stereocenters. The van der Waals surface area contributed by atoms with Gasteiger partial charge in [0.05, 0.1) is 12.2 Å². The summed E-state index contributed by atoms with van der Waals surface area (Å²) >= 11 is 0. The van der Waals surface area contributed by atoms with Gasteiger partial charge in [0.25, 0.3) is 0 Å². The normalized spacial score (nSPS) is 23.0. The van der Waals surface area contributed by atoms with E-state index >= 15 is 0 Å². The summed E-state index contributed by atoms with van der Waals surface area (Å²) in [5, 5.41) is 2.43. The topological polar surface area (TPSA) is 58.4 Å². The van der Waals surface area contributed by atoms with Gasteiger partial charge in [-0.15, -0.1) is 0 Å². The van der Waals surface area contributed by atoms with E-state index in [1.54, 1.807) is 0 Å². The lowest BCUT2D eigenvalue weighted by molar-refractivity contribution is -0.119. The minimum atomic E-state index is -0.646. The number of benzene rings is 1. The summed E-state index contributed by atoms with van der Waals surface area (Å²) < 4.78 is 26.6. The molecule has 0 saturated carbocycles. The summed E-state index contributed by atoms with van der Waals surface area (Å²) in [7, 11) is 0. The Morgan fingerprint density at radius 1 is 1.43 bits per heavy atom. The van der Waals surface area contributed by atoms with Crippen molar-refractivity contribution in [3.8, 4) is 0 Å². The highest BCUT2D eigenvalue weighted by molar-refractivity contribution is 5.92. The first-order chi connectivity index (χ1) is 10.0. The molecule has 6 heteroatoms. The molecule has 1 fully saturated rings. The molecule has 1 saturated heterocycles. The van der Waals surface area contributed by atoms with Gasteiger partial charge in [0, 0.05) is 24.7 Å². The molecular formula is C15H21F2N3O. The fraction of sp³-hybridized carbons (Fsp3) is 0.533. The molecular weight excluding hydrogens is 276 g/mol. The molecule has 1 aromatic carbocycles. The number of carbonyl (C=O) groups is 1. The molecule has 1 aromatic rings. The largest absolute Gasteiger partial charge is 0.329 e. The highest BCUT2D eigenvalue weighted by atomic mass is 19.1. The molecule has 0 bridgehead atoms. The fourth-order valence-electron chi connectivity index (χ4n) is 2.83. The fourth-order valence-corrected chi connectivity index (χ4v) is 2.83. The smallest absolute Gasteiger partial charge is 0.238 e. The van der Waals surface area contributed by atoms with Crippen LogP contribution in [0.2, 0.25) is 0 Å². The number of amides is 1. The van der Waals surface area contributed by atoms with E-state index in [0.717, 1.165) is 37.5 Å². The van der Waals surface area contributed by atoms with Gasteiger partial charge in [-0.05, 0) is 31.9 Å². The quantitative estimate of drug-likeness (QED) is 0.895. The predicted octanol–water partition coefficient (Wildman–Crippen LogP) is 2.10. The van der Waals surface area contributed by atoms with Gasteiger partial charge in [-0.25, -0.2) is 8.78 Å². The maximum absolute atomic E-state index is 13.5. The molecule has 0 radical (unpaired) electrons. The summed E-state index contributed by atoms with van der Waals surface area (Å²) in [4.78, 5) is 14.1. The van der Waals surface area contributed by atoms with Crippen molar-refractivity contribution in [1.82, 2.24) is 4.90 Å². The summed E-state index contributed by atoms with van der Waals surface area (Å²) in [6, 6.07) is 3.42.